The zero-order valence-corrected chi connectivity index (χ0v) is 12.2. The monoisotopic (exact) mass is 285 g/mol. The summed E-state index contributed by atoms with van der Waals surface area (Å²) in [5.41, 5.74) is 8.94. The average molecular weight is 285 g/mol. The van der Waals surface area contributed by atoms with E-state index in [4.69, 9.17) is 10.9 Å². The van der Waals surface area contributed by atoms with Crippen LogP contribution in [0.2, 0.25) is 0 Å². The van der Waals surface area contributed by atoms with Crippen molar-refractivity contribution in [3.63, 3.8) is 0 Å². The van der Waals surface area contributed by atoms with Crippen molar-refractivity contribution in [1.29, 1.82) is 0 Å². The van der Waals surface area contributed by atoms with Crippen molar-refractivity contribution in [3.8, 4) is 0 Å². The molecule has 0 aromatic carbocycles. The Balaban J connectivity index is 2.17. The third-order valence-corrected chi connectivity index (χ3v) is 3.16. The Hall–Kier alpha value is -2.63. The highest BCUT2D eigenvalue weighted by atomic mass is 16.4. The van der Waals surface area contributed by atoms with Crippen molar-refractivity contribution < 1.29 is 5.21 Å². The van der Waals surface area contributed by atoms with Gasteiger partial charge in [-0.25, -0.2) is 0 Å². The molecule has 0 atom stereocenters. The van der Waals surface area contributed by atoms with Crippen molar-refractivity contribution in [2.24, 2.45) is 10.9 Å². The van der Waals surface area contributed by atoms with Gasteiger partial charge in [0, 0.05) is 12.2 Å². The minimum atomic E-state index is 0.00458. The first-order valence-corrected chi connectivity index (χ1v) is 6.75. The highest BCUT2D eigenvalue weighted by Crippen LogP contribution is 2.15. The number of aryl methyl sites for hydroxylation is 1. The Morgan fingerprint density at radius 1 is 1.33 bits per heavy atom. The van der Waals surface area contributed by atoms with E-state index < -0.39 is 0 Å². The number of hydrogen-bond donors (Lipinski definition) is 2. The van der Waals surface area contributed by atoms with Gasteiger partial charge in [0.1, 0.15) is 5.69 Å². The van der Waals surface area contributed by atoms with Gasteiger partial charge in [0.05, 0.1) is 24.1 Å². The van der Waals surface area contributed by atoms with Crippen molar-refractivity contribution in [2.75, 3.05) is 11.4 Å². The quantitative estimate of drug-likeness (QED) is 0.379. The predicted molar refractivity (Wildman–Crippen MR) is 82.4 cm³/mol. The molecule has 0 saturated carbocycles. The summed E-state index contributed by atoms with van der Waals surface area (Å²) in [5, 5.41) is 11.6. The fourth-order valence-corrected chi connectivity index (χ4v) is 2.04. The zero-order chi connectivity index (χ0) is 15.2. The van der Waals surface area contributed by atoms with E-state index in [1.165, 1.54) is 0 Å². The van der Waals surface area contributed by atoms with E-state index in [1.54, 1.807) is 12.3 Å². The van der Waals surface area contributed by atoms with E-state index in [2.05, 4.69) is 26.9 Å². The molecule has 2 aromatic heterocycles. The topological polar surface area (TPSA) is 87.6 Å². The van der Waals surface area contributed by atoms with Gasteiger partial charge >= 0.3 is 0 Å². The lowest BCUT2D eigenvalue weighted by Crippen LogP contribution is -2.23. The Morgan fingerprint density at radius 2 is 2.14 bits per heavy atom. The smallest absolute Gasteiger partial charge is 0.188 e. The molecule has 0 aliphatic rings. The summed E-state index contributed by atoms with van der Waals surface area (Å²) in [6, 6.07) is 9.63. The SMILES string of the molecule is CCN(Cc1cccc(C)n1)c1ccc(/C(N)=N/O)nc1. The van der Waals surface area contributed by atoms with Gasteiger partial charge in [-0.2, -0.15) is 0 Å². The second-order valence-corrected chi connectivity index (χ2v) is 4.67. The molecular weight excluding hydrogens is 266 g/mol. The molecule has 0 aliphatic carbocycles. The van der Waals surface area contributed by atoms with Crippen LogP contribution in [0, 0.1) is 6.92 Å². The summed E-state index contributed by atoms with van der Waals surface area (Å²) in [7, 11) is 0. The molecule has 2 rings (SSSR count). The molecule has 6 heteroatoms. The molecule has 2 heterocycles. The van der Waals surface area contributed by atoms with E-state index in [0.717, 1.165) is 23.6 Å². The molecule has 0 spiro atoms. The molecular formula is C15H19N5O. The first kappa shape index (κ1) is 14.8. The van der Waals surface area contributed by atoms with E-state index in [1.807, 2.05) is 31.2 Å². The molecule has 21 heavy (non-hydrogen) atoms. The fraction of sp³-hybridized carbons (Fsp3) is 0.267. The minimum absolute atomic E-state index is 0.00458. The second-order valence-electron chi connectivity index (χ2n) is 4.67. The normalized spacial score (nSPS) is 11.4. The lowest BCUT2D eigenvalue weighted by Gasteiger charge is -2.22. The van der Waals surface area contributed by atoms with Crippen LogP contribution in [0.5, 0.6) is 0 Å². The zero-order valence-electron chi connectivity index (χ0n) is 12.2. The second kappa shape index (κ2) is 6.69. The van der Waals surface area contributed by atoms with E-state index >= 15 is 0 Å². The van der Waals surface area contributed by atoms with Crippen LogP contribution in [0.3, 0.4) is 0 Å². The Bertz CT molecular complexity index is 624. The molecule has 0 aliphatic heterocycles. The van der Waals surface area contributed by atoms with Crippen molar-refractivity contribution >= 4 is 11.5 Å². The van der Waals surface area contributed by atoms with Gasteiger partial charge in [-0.05, 0) is 38.1 Å². The Kier molecular flexibility index (Phi) is 4.71. The van der Waals surface area contributed by atoms with Crippen molar-refractivity contribution in [2.45, 2.75) is 20.4 Å². The molecule has 0 amide bonds. The third kappa shape index (κ3) is 3.68. The maximum Gasteiger partial charge on any atom is 0.188 e. The number of amidine groups is 1. The highest BCUT2D eigenvalue weighted by Gasteiger charge is 2.08. The first-order valence-electron chi connectivity index (χ1n) is 6.75. The lowest BCUT2D eigenvalue weighted by molar-refractivity contribution is 0.318. The summed E-state index contributed by atoms with van der Waals surface area (Å²) in [5.74, 6) is 0.00458. The van der Waals surface area contributed by atoms with Crippen LogP contribution in [0.1, 0.15) is 24.0 Å². The van der Waals surface area contributed by atoms with E-state index in [0.29, 0.717) is 12.2 Å². The number of rotatable bonds is 5. The molecule has 0 bridgehead atoms. The number of anilines is 1. The van der Waals surface area contributed by atoms with Gasteiger partial charge in [0.25, 0.3) is 0 Å². The largest absolute Gasteiger partial charge is 0.409 e. The van der Waals surface area contributed by atoms with Crippen LogP contribution in [0.25, 0.3) is 0 Å². The van der Waals surface area contributed by atoms with Gasteiger partial charge in [-0.15, -0.1) is 0 Å². The first-order chi connectivity index (χ1) is 10.1. The predicted octanol–water partition coefficient (Wildman–Crippen LogP) is 1.91. The summed E-state index contributed by atoms with van der Waals surface area (Å²) in [6.07, 6.45) is 1.71. The molecule has 2 aromatic rings. The highest BCUT2D eigenvalue weighted by molar-refractivity contribution is 5.95. The summed E-state index contributed by atoms with van der Waals surface area (Å²) in [6.45, 7) is 5.60. The molecule has 0 saturated heterocycles. The van der Waals surface area contributed by atoms with Crippen molar-refractivity contribution in [3.05, 3.63) is 53.6 Å². The van der Waals surface area contributed by atoms with Gasteiger partial charge < -0.3 is 15.8 Å². The van der Waals surface area contributed by atoms with E-state index in [9.17, 15) is 0 Å². The summed E-state index contributed by atoms with van der Waals surface area (Å²) >= 11 is 0. The fourth-order valence-electron chi connectivity index (χ4n) is 2.04. The molecule has 0 radical (unpaired) electrons. The van der Waals surface area contributed by atoms with Crippen LogP contribution < -0.4 is 10.6 Å². The number of hydrogen-bond acceptors (Lipinski definition) is 5. The lowest BCUT2D eigenvalue weighted by atomic mass is 10.2. The molecule has 0 unspecified atom stereocenters. The van der Waals surface area contributed by atoms with Crippen LogP contribution >= 0.6 is 0 Å². The maximum atomic E-state index is 8.64. The van der Waals surface area contributed by atoms with E-state index in [-0.39, 0.29) is 5.84 Å². The summed E-state index contributed by atoms with van der Waals surface area (Å²) < 4.78 is 0. The maximum absolute atomic E-state index is 8.64. The Morgan fingerprint density at radius 3 is 2.71 bits per heavy atom. The molecule has 3 N–H and O–H groups in total. The standard InChI is InChI=1S/C15H19N5O/c1-3-20(10-12-6-4-5-11(2)18-12)13-7-8-14(17-9-13)15(16)19-21/h4-9,21H,3,10H2,1-2H3,(H2,16,19). The van der Waals surface area contributed by atoms with Crippen LogP contribution in [-0.2, 0) is 6.54 Å². The van der Waals surface area contributed by atoms with Crippen LogP contribution in [0.4, 0.5) is 5.69 Å². The number of oxime groups is 1. The summed E-state index contributed by atoms with van der Waals surface area (Å²) in [4.78, 5) is 10.9. The van der Waals surface area contributed by atoms with Gasteiger partial charge in [-0.1, -0.05) is 11.2 Å². The van der Waals surface area contributed by atoms with Gasteiger partial charge in [-0.3, -0.25) is 9.97 Å². The third-order valence-electron chi connectivity index (χ3n) is 3.16. The number of aromatic nitrogens is 2. The number of nitrogens with zero attached hydrogens (tertiary/aromatic N) is 4. The van der Waals surface area contributed by atoms with Crippen LogP contribution in [0.15, 0.2) is 41.7 Å². The van der Waals surface area contributed by atoms with Gasteiger partial charge in [0.2, 0.25) is 0 Å². The number of pyridine rings is 2. The average Bonchev–Trinajstić information content (AvgIpc) is 2.52. The molecule has 0 fully saturated rings. The molecule has 110 valence electrons. The minimum Gasteiger partial charge on any atom is -0.409 e. The van der Waals surface area contributed by atoms with Gasteiger partial charge in [0.15, 0.2) is 5.84 Å². The number of nitrogens with two attached hydrogens (primary N) is 1. The van der Waals surface area contributed by atoms with Crippen LogP contribution in [-0.4, -0.2) is 27.6 Å². The Labute approximate surface area is 123 Å². The molecule has 6 nitrogen and oxygen atoms in total. The van der Waals surface area contributed by atoms with Crippen molar-refractivity contribution in [1.82, 2.24) is 9.97 Å².